The van der Waals surface area contributed by atoms with Crippen molar-refractivity contribution < 1.29 is 9.53 Å². The zero-order valence-corrected chi connectivity index (χ0v) is 14.0. The molecule has 0 heterocycles. The van der Waals surface area contributed by atoms with Crippen LogP contribution in [0.4, 0.5) is 0 Å². The average Bonchev–Trinajstić information content (AvgIpc) is 2.57. The molecule has 0 aliphatic heterocycles. The Morgan fingerprint density at radius 1 is 1.29 bits per heavy atom. The van der Waals surface area contributed by atoms with Crippen LogP contribution >= 0.6 is 11.6 Å². The van der Waals surface area contributed by atoms with Crippen molar-refractivity contribution in [2.75, 3.05) is 6.54 Å². The summed E-state index contributed by atoms with van der Waals surface area (Å²) in [4.78, 5) is 11.7. The van der Waals surface area contributed by atoms with E-state index in [0.29, 0.717) is 28.4 Å². The highest BCUT2D eigenvalue weighted by molar-refractivity contribution is 6.32. The molecule has 0 saturated carbocycles. The predicted octanol–water partition coefficient (Wildman–Crippen LogP) is 2.80. The number of ether oxygens (including phenoxy) is 1. The first-order chi connectivity index (χ1) is 11.5. The number of halogens is 1. The van der Waals surface area contributed by atoms with Gasteiger partial charge in [0.1, 0.15) is 17.9 Å². The minimum absolute atomic E-state index is 0.217. The van der Waals surface area contributed by atoms with Crippen LogP contribution in [-0.2, 0) is 4.79 Å². The number of nitriles is 1. The van der Waals surface area contributed by atoms with Gasteiger partial charge in [-0.2, -0.15) is 5.26 Å². The molecule has 1 amide bonds. The Morgan fingerprint density at radius 3 is 2.54 bits per heavy atom. The summed E-state index contributed by atoms with van der Waals surface area (Å²) in [6.07, 6.45) is -0.217. The van der Waals surface area contributed by atoms with Gasteiger partial charge in [0.05, 0.1) is 16.7 Å². The molecule has 124 valence electrons. The van der Waals surface area contributed by atoms with Crippen molar-refractivity contribution in [3.8, 4) is 11.8 Å². The fraction of sp³-hybridized carbons (Fsp3) is 0.222. The van der Waals surface area contributed by atoms with Crippen LogP contribution in [-0.4, -0.2) is 18.6 Å². The number of rotatable bonds is 7. The molecule has 2 rings (SSSR count). The second-order valence-electron chi connectivity index (χ2n) is 5.34. The van der Waals surface area contributed by atoms with Crippen molar-refractivity contribution in [3.63, 3.8) is 0 Å². The van der Waals surface area contributed by atoms with E-state index in [4.69, 9.17) is 27.3 Å². The quantitative estimate of drug-likeness (QED) is 0.809. The molecule has 3 N–H and O–H groups in total. The molecule has 0 bridgehead atoms. The van der Waals surface area contributed by atoms with Crippen LogP contribution in [0.3, 0.4) is 0 Å². The van der Waals surface area contributed by atoms with Gasteiger partial charge >= 0.3 is 0 Å². The van der Waals surface area contributed by atoms with Gasteiger partial charge in [-0.1, -0.05) is 35.9 Å². The highest BCUT2D eigenvalue weighted by Crippen LogP contribution is 2.24. The van der Waals surface area contributed by atoms with Gasteiger partial charge in [0.2, 0.25) is 5.91 Å². The molecule has 0 spiro atoms. The van der Waals surface area contributed by atoms with Gasteiger partial charge < -0.3 is 10.5 Å². The summed E-state index contributed by atoms with van der Waals surface area (Å²) in [6, 6.07) is 15.3. The van der Waals surface area contributed by atoms with Crippen LogP contribution in [0.2, 0.25) is 5.02 Å². The number of nitrogens with one attached hydrogen (secondary N) is 1. The molecule has 5 nitrogen and oxygen atoms in total. The highest BCUT2D eigenvalue weighted by Gasteiger charge is 2.18. The summed E-state index contributed by atoms with van der Waals surface area (Å²) in [7, 11) is 0. The van der Waals surface area contributed by atoms with Gasteiger partial charge in [0.15, 0.2) is 0 Å². The fourth-order valence-corrected chi connectivity index (χ4v) is 2.40. The summed E-state index contributed by atoms with van der Waals surface area (Å²) in [5.41, 5.74) is 6.70. The standard InChI is InChI=1S/C18H18ClN3O2/c1-12(24-16-5-3-2-4-15(16)19)11-22-17(18(21)23)14-8-6-13(10-20)7-9-14/h2-9,12,17,22H,11H2,1H3,(H2,21,23). The molecule has 2 atom stereocenters. The normalized spacial score (nSPS) is 12.9. The van der Waals surface area contributed by atoms with Crippen molar-refractivity contribution in [2.24, 2.45) is 5.73 Å². The van der Waals surface area contributed by atoms with Crippen LogP contribution in [0, 0.1) is 11.3 Å². The maximum Gasteiger partial charge on any atom is 0.239 e. The maximum atomic E-state index is 11.7. The topological polar surface area (TPSA) is 88.1 Å². The van der Waals surface area contributed by atoms with E-state index >= 15 is 0 Å². The molecule has 0 saturated heterocycles. The second kappa shape index (κ2) is 8.34. The Morgan fingerprint density at radius 2 is 1.96 bits per heavy atom. The summed E-state index contributed by atoms with van der Waals surface area (Å²) in [5.74, 6) is 0.0899. The summed E-state index contributed by atoms with van der Waals surface area (Å²) in [5, 5.41) is 12.4. The molecular weight excluding hydrogens is 326 g/mol. The molecular formula is C18H18ClN3O2. The van der Waals surface area contributed by atoms with Crippen molar-refractivity contribution in [2.45, 2.75) is 19.1 Å². The van der Waals surface area contributed by atoms with Gasteiger partial charge in [-0.05, 0) is 36.8 Å². The molecule has 0 aliphatic carbocycles. The van der Waals surface area contributed by atoms with Crippen LogP contribution in [0.25, 0.3) is 0 Å². The number of carbonyl (C=O) groups excluding carboxylic acids is 1. The Balaban J connectivity index is 1.99. The highest BCUT2D eigenvalue weighted by atomic mass is 35.5. The monoisotopic (exact) mass is 343 g/mol. The third-order valence-electron chi connectivity index (χ3n) is 3.43. The van der Waals surface area contributed by atoms with Crippen LogP contribution in [0.5, 0.6) is 5.75 Å². The number of para-hydroxylation sites is 1. The lowest BCUT2D eigenvalue weighted by atomic mass is 10.0. The molecule has 2 unspecified atom stereocenters. The largest absolute Gasteiger partial charge is 0.488 e. The lowest BCUT2D eigenvalue weighted by Crippen LogP contribution is -2.38. The third-order valence-corrected chi connectivity index (χ3v) is 3.74. The zero-order chi connectivity index (χ0) is 17.5. The minimum Gasteiger partial charge on any atom is -0.488 e. The van der Waals surface area contributed by atoms with Crippen LogP contribution in [0.15, 0.2) is 48.5 Å². The van der Waals surface area contributed by atoms with E-state index < -0.39 is 11.9 Å². The van der Waals surface area contributed by atoms with Gasteiger partial charge in [-0.25, -0.2) is 0 Å². The third kappa shape index (κ3) is 4.72. The van der Waals surface area contributed by atoms with Gasteiger partial charge in [0.25, 0.3) is 0 Å². The molecule has 2 aromatic carbocycles. The van der Waals surface area contributed by atoms with Crippen LogP contribution in [0.1, 0.15) is 24.1 Å². The predicted molar refractivity (Wildman–Crippen MR) is 92.6 cm³/mol. The van der Waals surface area contributed by atoms with E-state index in [0.717, 1.165) is 0 Å². The van der Waals surface area contributed by atoms with Gasteiger partial charge in [-0.3, -0.25) is 10.1 Å². The summed E-state index contributed by atoms with van der Waals surface area (Å²) >= 11 is 6.06. The number of carbonyl (C=O) groups is 1. The molecule has 2 aromatic rings. The van der Waals surface area contributed by atoms with E-state index in [-0.39, 0.29) is 6.10 Å². The Bertz CT molecular complexity index is 741. The molecule has 6 heteroatoms. The van der Waals surface area contributed by atoms with E-state index in [2.05, 4.69) is 5.32 Å². The van der Waals surface area contributed by atoms with Gasteiger partial charge in [0, 0.05) is 6.54 Å². The summed E-state index contributed by atoms with van der Waals surface area (Å²) in [6.45, 7) is 2.27. The first kappa shape index (κ1) is 17.8. The maximum absolute atomic E-state index is 11.7. The zero-order valence-electron chi connectivity index (χ0n) is 13.2. The van der Waals surface area contributed by atoms with E-state index in [1.54, 1.807) is 36.4 Å². The van der Waals surface area contributed by atoms with Gasteiger partial charge in [-0.15, -0.1) is 0 Å². The Hall–Kier alpha value is -2.55. The van der Waals surface area contributed by atoms with Crippen molar-refractivity contribution in [1.82, 2.24) is 5.32 Å². The van der Waals surface area contributed by atoms with E-state index in [9.17, 15) is 4.79 Å². The molecule has 0 radical (unpaired) electrons. The fourth-order valence-electron chi connectivity index (χ4n) is 2.22. The molecule has 24 heavy (non-hydrogen) atoms. The SMILES string of the molecule is CC(CNC(C(N)=O)c1ccc(C#N)cc1)Oc1ccccc1Cl. The number of nitrogens with two attached hydrogens (primary N) is 1. The van der Waals surface area contributed by atoms with Crippen molar-refractivity contribution in [3.05, 3.63) is 64.7 Å². The Labute approximate surface area is 146 Å². The number of benzene rings is 2. The number of primary amides is 1. The molecule has 0 fully saturated rings. The number of amides is 1. The molecule has 0 aromatic heterocycles. The first-order valence-corrected chi connectivity index (χ1v) is 7.83. The lowest BCUT2D eigenvalue weighted by Gasteiger charge is -2.20. The van der Waals surface area contributed by atoms with Crippen molar-refractivity contribution >= 4 is 17.5 Å². The summed E-state index contributed by atoms with van der Waals surface area (Å²) < 4.78 is 5.76. The number of nitrogens with zero attached hydrogens (tertiary/aromatic N) is 1. The first-order valence-electron chi connectivity index (χ1n) is 7.45. The number of hydrogen-bond donors (Lipinski definition) is 2. The average molecular weight is 344 g/mol. The number of hydrogen-bond acceptors (Lipinski definition) is 4. The van der Waals surface area contributed by atoms with Crippen molar-refractivity contribution in [1.29, 1.82) is 5.26 Å². The van der Waals surface area contributed by atoms with E-state index in [1.807, 2.05) is 25.1 Å². The smallest absolute Gasteiger partial charge is 0.239 e. The van der Waals surface area contributed by atoms with Crippen LogP contribution < -0.4 is 15.8 Å². The minimum atomic E-state index is -0.657. The Kier molecular flexibility index (Phi) is 6.19. The lowest BCUT2D eigenvalue weighted by molar-refractivity contribution is -0.120. The molecule has 0 aliphatic rings. The second-order valence-corrected chi connectivity index (χ2v) is 5.74. The van der Waals surface area contributed by atoms with E-state index in [1.165, 1.54) is 0 Å².